The van der Waals surface area contributed by atoms with E-state index in [9.17, 15) is 9.59 Å². The number of halogens is 1. The van der Waals surface area contributed by atoms with Gasteiger partial charge in [0.1, 0.15) is 0 Å². The van der Waals surface area contributed by atoms with Crippen molar-refractivity contribution in [1.82, 2.24) is 14.8 Å². The molecular weight excluding hydrogens is 418 g/mol. The van der Waals surface area contributed by atoms with E-state index >= 15 is 0 Å². The summed E-state index contributed by atoms with van der Waals surface area (Å²) in [5.74, 6) is 0.156. The second-order valence-corrected chi connectivity index (χ2v) is 8.76. The van der Waals surface area contributed by atoms with Crippen molar-refractivity contribution in [3.05, 3.63) is 68.5 Å². The lowest BCUT2D eigenvalue weighted by Crippen LogP contribution is -2.47. The van der Waals surface area contributed by atoms with Gasteiger partial charge in [0, 0.05) is 42.9 Å². The molecule has 6 heteroatoms. The zero-order chi connectivity index (χ0) is 19.7. The number of hydrogen-bond acceptors (Lipinski definition) is 3. The van der Waals surface area contributed by atoms with Crippen LogP contribution in [0.1, 0.15) is 36.3 Å². The van der Waals surface area contributed by atoms with Crippen LogP contribution in [0.2, 0.25) is 0 Å². The summed E-state index contributed by atoms with van der Waals surface area (Å²) in [6.45, 7) is 2.17. The Hall–Kier alpha value is -1.92. The fourth-order valence-corrected chi connectivity index (χ4v) is 4.52. The molecule has 0 spiro atoms. The van der Waals surface area contributed by atoms with Crippen molar-refractivity contribution in [2.24, 2.45) is 13.0 Å². The van der Waals surface area contributed by atoms with Crippen molar-refractivity contribution >= 4 is 21.8 Å². The molecule has 2 atom stereocenters. The normalized spacial score (nSPS) is 22.1. The first kappa shape index (κ1) is 19.4. The van der Waals surface area contributed by atoms with Gasteiger partial charge in [-0.3, -0.25) is 9.59 Å². The zero-order valence-electron chi connectivity index (χ0n) is 16.1. The Morgan fingerprint density at radius 2 is 2.04 bits per heavy atom. The van der Waals surface area contributed by atoms with Crippen LogP contribution < -0.4 is 10.9 Å². The number of carbonyl (C=O) groups is 1. The number of rotatable bonds is 5. The van der Waals surface area contributed by atoms with Crippen LogP contribution in [-0.4, -0.2) is 34.5 Å². The van der Waals surface area contributed by atoms with Crippen molar-refractivity contribution in [2.75, 3.05) is 13.1 Å². The molecule has 4 rings (SSSR count). The summed E-state index contributed by atoms with van der Waals surface area (Å²) in [6.07, 6.45) is 4.83. The molecule has 2 unspecified atom stereocenters. The zero-order valence-corrected chi connectivity index (χ0v) is 17.7. The number of nitrogens with zero attached hydrogens (tertiary/aromatic N) is 2. The molecule has 1 aliphatic heterocycles. The van der Waals surface area contributed by atoms with Crippen LogP contribution in [-0.2, 0) is 18.4 Å². The number of amides is 1. The van der Waals surface area contributed by atoms with E-state index in [4.69, 9.17) is 0 Å². The fourth-order valence-electron chi connectivity index (χ4n) is 4.11. The molecular formula is C22H26BrN3O2. The van der Waals surface area contributed by atoms with Crippen molar-refractivity contribution in [3.63, 3.8) is 0 Å². The SMILES string of the molecule is Cn1ccc(C2CCNCC2C(=O)N(Cc2ccccc2Br)C2CC2)cc1=O. The van der Waals surface area contributed by atoms with Crippen LogP contribution in [0.3, 0.4) is 0 Å². The molecule has 2 fully saturated rings. The lowest BCUT2D eigenvalue weighted by atomic mass is 9.80. The predicted octanol–water partition coefficient (Wildman–Crippen LogP) is 3.03. The number of piperidine rings is 1. The largest absolute Gasteiger partial charge is 0.335 e. The van der Waals surface area contributed by atoms with E-state index in [0.29, 0.717) is 19.1 Å². The number of aryl methyl sites for hydroxylation is 1. The molecule has 0 radical (unpaired) electrons. The molecule has 1 saturated heterocycles. The van der Waals surface area contributed by atoms with E-state index in [1.807, 2.05) is 24.3 Å². The summed E-state index contributed by atoms with van der Waals surface area (Å²) in [5.41, 5.74) is 2.10. The molecule has 1 aromatic heterocycles. The highest BCUT2D eigenvalue weighted by atomic mass is 79.9. The van der Waals surface area contributed by atoms with Gasteiger partial charge >= 0.3 is 0 Å². The van der Waals surface area contributed by atoms with E-state index in [-0.39, 0.29) is 23.3 Å². The first-order valence-electron chi connectivity index (χ1n) is 9.96. The Labute approximate surface area is 173 Å². The standard InChI is InChI=1S/C22H26BrN3O2/c1-25-11-9-15(12-21(25)27)18-8-10-24-13-19(18)22(28)26(17-6-7-17)14-16-4-2-3-5-20(16)23/h2-5,9,11-12,17-19,24H,6-8,10,13-14H2,1H3. The van der Waals surface area contributed by atoms with Crippen LogP contribution in [0.5, 0.6) is 0 Å². The smallest absolute Gasteiger partial charge is 0.250 e. The number of carbonyl (C=O) groups excluding carboxylic acids is 1. The van der Waals surface area contributed by atoms with Gasteiger partial charge in [-0.05, 0) is 55.0 Å². The second kappa shape index (κ2) is 8.21. The number of nitrogens with one attached hydrogen (secondary N) is 1. The lowest BCUT2D eigenvalue weighted by molar-refractivity contribution is -0.138. The Morgan fingerprint density at radius 3 is 2.75 bits per heavy atom. The van der Waals surface area contributed by atoms with E-state index in [1.165, 1.54) is 0 Å². The number of pyridine rings is 1. The summed E-state index contributed by atoms with van der Waals surface area (Å²) < 4.78 is 2.61. The molecule has 148 valence electrons. The average molecular weight is 444 g/mol. The molecule has 1 N–H and O–H groups in total. The minimum atomic E-state index is -0.135. The van der Waals surface area contributed by atoms with Gasteiger partial charge in [0.25, 0.3) is 5.56 Å². The molecule has 28 heavy (non-hydrogen) atoms. The van der Waals surface area contributed by atoms with E-state index in [2.05, 4.69) is 32.2 Å². The Bertz CT molecular complexity index is 922. The lowest BCUT2D eigenvalue weighted by Gasteiger charge is -2.36. The van der Waals surface area contributed by atoms with E-state index in [0.717, 1.165) is 41.4 Å². The maximum Gasteiger partial charge on any atom is 0.250 e. The third kappa shape index (κ3) is 4.08. The van der Waals surface area contributed by atoms with Gasteiger partial charge in [0.2, 0.25) is 5.91 Å². The van der Waals surface area contributed by atoms with Crippen LogP contribution in [0.25, 0.3) is 0 Å². The van der Waals surface area contributed by atoms with Crippen LogP contribution in [0.4, 0.5) is 0 Å². The van der Waals surface area contributed by atoms with Crippen LogP contribution in [0, 0.1) is 5.92 Å². The quantitative estimate of drug-likeness (QED) is 0.772. The maximum atomic E-state index is 13.6. The second-order valence-electron chi connectivity index (χ2n) is 7.90. The number of benzene rings is 1. The maximum absolute atomic E-state index is 13.6. The van der Waals surface area contributed by atoms with Crippen molar-refractivity contribution in [3.8, 4) is 0 Å². The Kier molecular flexibility index (Phi) is 5.69. The summed E-state index contributed by atoms with van der Waals surface area (Å²) in [5, 5.41) is 3.39. The van der Waals surface area contributed by atoms with Gasteiger partial charge < -0.3 is 14.8 Å². The molecule has 1 aromatic carbocycles. The Morgan fingerprint density at radius 1 is 1.25 bits per heavy atom. The fraction of sp³-hybridized carbons (Fsp3) is 0.455. The van der Waals surface area contributed by atoms with Gasteiger partial charge in [0.15, 0.2) is 0 Å². The van der Waals surface area contributed by atoms with Gasteiger partial charge in [-0.1, -0.05) is 34.1 Å². The van der Waals surface area contributed by atoms with Crippen molar-refractivity contribution < 1.29 is 4.79 Å². The third-order valence-corrected chi connectivity index (χ3v) is 6.70. The minimum Gasteiger partial charge on any atom is -0.335 e. The summed E-state index contributed by atoms with van der Waals surface area (Å²) in [6, 6.07) is 12.1. The topological polar surface area (TPSA) is 54.3 Å². The Balaban J connectivity index is 1.60. The highest BCUT2D eigenvalue weighted by Gasteiger charge is 2.40. The molecule has 1 saturated carbocycles. The third-order valence-electron chi connectivity index (χ3n) is 5.93. The van der Waals surface area contributed by atoms with Crippen molar-refractivity contribution in [2.45, 2.75) is 37.8 Å². The number of aromatic nitrogens is 1. The molecule has 2 heterocycles. The molecule has 2 aliphatic rings. The van der Waals surface area contributed by atoms with Crippen LogP contribution >= 0.6 is 15.9 Å². The van der Waals surface area contributed by atoms with E-state index in [1.54, 1.807) is 23.9 Å². The molecule has 5 nitrogen and oxygen atoms in total. The van der Waals surface area contributed by atoms with Crippen LogP contribution in [0.15, 0.2) is 51.9 Å². The highest BCUT2D eigenvalue weighted by molar-refractivity contribution is 9.10. The first-order valence-corrected chi connectivity index (χ1v) is 10.7. The monoisotopic (exact) mass is 443 g/mol. The van der Waals surface area contributed by atoms with Gasteiger partial charge in [-0.2, -0.15) is 0 Å². The van der Waals surface area contributed by atoms with Gasteiger partial charge in [0.05, 0.1) is 5.92 Å². The predicted molar refractivity (Wildman–Crippen MR) is 113 cm³/mol. The molecule has 0 bridgehead atoms. The molecule has 1 amide bonds. The number of hydrogen-bond donors (Lipinski definition) is 1. The van der Waals surface area contributed by atoms with Gasteiger partial charge in [-0.15, -0.1) is 0 Å². The summed E-state index contributed by atoms with van der Waals surface area (Å²) in [4.78, 5) is 27.8. The molecule has 1 aliphatic carbocycles. The summed E-state index contributed by atoms with van der Waals surface area (Å²) >= 11 is 3.62. The van der Waals surface area contributed by atoms with Gasteiger partial charge in [-0.25, -0.2) is 0 Å². The first-order chi connectivity index (χ1) is 13.5. The highest BCUT2D eigenvalue weighted by Crippen LogP contribution is 2.36. The van der Waals surface area contributed by atoms with Crippen molar-refractivity contribution in [1.29, 1.82) is 0 Å². The minimum absolute atomic E-state index is 0.0190. The van der Waals surface area contributed by atoms with E-state index < -0.39 is 0 Å². The average Bonchev–Trinajstić information content (AvgIpc) is 3.54. The summed E-state index contributed by atoms with van der Waals surface area (Å²) in [7, 11) is 1.75. The molecule has 2 aromatic rings.